The fourth-order valence-corrected chi connectivity index (χ4v) is 2.41. The van der Waals surface area contributed by atoms with E-state index in [1.165, 1.54) is 0 Å². The Balaban J connectivity index is 2.87. The Bertz CT molecular complexity index is 517. The molecule has 2 nitrogen and oxygen atoms in total. The molecule has 0 saturated heterocycles. The predicted octanol–water partition coefficient (Wildman–Crippen LogP) is 2.08. The Morgan fingerprint density at radius 1 is 1.47 bits per heavy atom. The molecule has 4 heteroatoms. The number of fused-ring (bicyclic) bond motifs is 1. The number of rotatable bonds is 1. The van der Waals surface area contributed by atoms with Gasteiger partial charge in [-0.15, -0.1) is 12.6 Å². The van der Waals surface area contributed by atoms with Gasteiger partial charge in [0.25, 0.3) is 0 Å². The molecule has 2 aromatic heterocycles. The lowest BCUT2D eigenvalue weighted by molar-refractivity contribution is 0.847. The summed E-state index contributed by atoms with van der Waals surface area (Å²) in [6, 6.07) is 1.90. The number of aromatic amines is 1. The van der Waals surface area contributed by atoms with Crippen LogP contribution < -0.4 is 5.46 Å². The molecule has 0 amide bonds. The van der Waals surface area contributed by atoms with Crippen molar-refractivity contribution >= 4 is 37.0 Å². The van der Waals surface area contributed by atoms with Gasteiger partial charge in [0.05, 0.1) is 5.03 Å². The van der Waals surface area contributed by atoms with Crippen molar-refractivity contribution in [2.24, 2.45) is 0 Å². The largest absolute Gasteiger partial charge is 0.334 e. The summed E-state index contributed by atoms with van der Waals surface area (Å²) in [5.41, 5.74) is 3.68. The zero-order valence-corrected chi connectivity index (χ0v) is 10.0. The van der Waals surface area contributed by atoms with Gasteiger partial charge in [0.1, 0.15) is 13.5 Å². The van der Waals surface area contributed by atoms with Crippen LogP contribution in [0, 0.1) is 6.92 Å². The van der Waals surface area contributed by atoms with E-state index in [1.807, 2.05) is 13.0 Å². The van der Waals surface area contributed by atoms with Crippen molar-refractivity contribution in [3.05, 3.63) is 17.3 Å². The number of aromatic nitrogens is 2. The van der Waals surface area contributed by atoms with Crippen LogP contribution in [0.5, 0.6) is 0 Å². The van der Waals surface area contributed by atoms with Crippen molar-refractivity contribution in [1.29, 1.82) is 0 Å². The highest BCUT2D eigenvalue weighted by Crippen LogP contribution is 2.29. The van der Waals surface area contributed by atoms with Gasteiger partial charge < -0.3 is 4.98 Å². The number of nitrogens with zero attached hydrogens (tertiary/aromatic N) is 1. The van der Waals surface area contributed by atoms with E-state index in [4.69, 9.17) is 7.85 Å². The van der Waals surface area contributed by atoms with Crippen LogP contribution in [-0.2, 0) is 0 Å². The molecule has 2 rings (SSSR count). The summed E-state index contributed by atoms with van der Waals surface area (Å²) in [6.45, 7) is 6.19. The lowest BCUT2D eigenvalue weighted by atomic mass is 9.89. The molecular formula is C11H13BN2S. The van der Waals surface area contributed by atoms with Gasteiger partial charge in [0, 0.05) is 11.1 Å². The SMILES string of the molecule is [B]c1cc(C)nc2[nH]c(S)c(C(C)C)c12. The summed E-state index contributed by atoms with van der Waals surface area (Å²) in [7, 11) is 6.02. The van der Waals surface area contributed by atoms with Crippen LogP contribution in [0.4, 0.5) is 0 Å². The molecule has 0 spiro atoms. The predicted molar refractivity (Wildman–Crippen MR) is 67.6 cm³/mol. The van der Waals surface area contributed by atoms with Crippen molar-refractivity contribution in [2.45, 2.75) is 31.7 Å². The molecule has 0 bridgehead atoms. The third-order valence-electron chi connectivity index (χ3n) is 2.52. The summed E-state index contributed by atoms with van der Waals surface area (Å²) in [5, 5.41) is 1.88. The molecule has 0 atom stereocenters. The van der Waals surface area contributed by atoms with Gasteiger partial charge in [-0.05, 0) is 24.5 Å². The maximum Gasteiger partial charge on any atom is 0.138 e. The summed E-state index contributed by atoms with van der Waals surface area (Å²) in [4.78, 5) is 7.58. The second kappa shape index (κ2) is 3.60. The van der Waals surface area contributed by atoms with E-state index in [0.717, 1.165) is 32.8 Å². The molecule has 2 radical (unpaired) electrons. The van der Waals surface area contributed by atoms with Gasteiger partial charge in [0.15, 0.2) is 0 Å². The van der Waals surface area contributed by atoms with E-state index < -0.39 is 0 Å². The van der Waals surface area contributed by atoms with Gasteiger partial charge >= 0.3 is 0 Å². The molecular weight excluding hydrogens is 203 g/mol. The summed E-state index contributed by atoms with van der Waals surface area (Å²) >= 11 is 4.43. The Morgan fingerprint density at radius 3 is 2.73 bits per heavy atom. The molecule has 0 fully saturated rings. The summed E-state index contributed by atoms with van der Waals surface area (Å²) in [5.74, 6) is 0.387. The Kier molecular flexibility index (Phi) is 2.55. The molecule has 0 unspecified atom stereocenters. The van der Waals surface area contributed by atoms with E-state index in [9.17, 15) is 0 Å². The molecule has 2 aromatic rings. The highest BCUT2D eigenvalue weighted by atomic mass is 32.1. The fraction of sp³-hybridized carbons (Fsp3) is 0.364. The number of thiol groups is 1. The minimum Gasteiger partial charge on any atom is -0.334 e. The van der Waals surface area contributed by atoms with E-state index in [2.05, 4.69) is 36.4 Å². The van der Waals surface area contributed by atoms with Crippen molar-refractivity contribution in [3.8, 4) is 0 Å². The number of hydrogen-bond donors (Lipinski definition) is 2. The second-order valence-corrected chi connectivity index (χ2v) is 4.57. The molecule has 76 valence electrons. The quantitative estimate of drug-likeness (QED) is 0.554. The monoisotopic (exact) mass is 216 g/mol. The number of aryl methyl sites for hydroxylation is 1. The fourth-order valence-electron chi connectivity index (χ4n) is 1.93. The van der Waals surface area contributed by atoms with Crippen LogP contribution in [0.1, 0.15) is 31.0 Å². The van der Waals surface area contributed by atoms with Gasteiger partial charge in [-0.3, -0.25) is 0 Å². The maximum absolute atomic E-state index is 6.02. The standard InChI is InChI=1S/C11H13BN2S/c1-5(2)8-9-7(12)4-6(3)13-10(9)14-11(8)15/h4-5,15H,1-3H3,(H,13,14). The maximum atomic E-state index is 6.02. The third-order valence-corrected chi connectivity index (χ3v) is 2.87. The molecule has 0 aliphatic rings. The van der Waals surface area contributed by atoms with Crippen LogP contribution in [0.2, 0.25) is 0 Å². The first-order chi connectivity index (χ1) is 7.00. The van der Waals surface area contributed by atoms with Crippen LogP contribution >= 0.6 is 12.6 Å². The third kappa shape index (κ3) is 1.67. The zero-order valence-electron chi connectivity index (χ0n) is 9.13. The van der Waals surface area contributed by atoms with Crippen LogP contribution in [0.25, 0.3) is 11.0 Å². The minimum absolute atomic E-state index is 0.387. The van der Waals surface area contributed by atoms with E-state index in [0.29, 0.717) is 5.92 Å². The highest BCUT2D eigenvalue weighted by Gasteiger charge is 2.14. The number of pyridine rings is 1. The van der Waals surface area contributed by atoms with Crippen LogP contribution in [0.3, 0.4) is 0 Å². The van der Waals surface area contributed by atoms with Gasteiger partial charge in [0.2, 0.25) is 0 Å². The van der Waals surface area contributed by atoms with Gasteiger partial charge in [-0.1, -0.05) is 19.3 Å². The lowest BCUT2D eigenvalue weighted by Crippen LogP contribution is -2.07. The Hall–Kier alpha value is -0.895. The van der Waals surface area contributed by atoms with Gasteiger partial charge in [-0.2, -0.15) is 0 Å². The molecule has 15 heavy (non-hydrogen) atoms. The van der Waals surface area contributed by atoms with Crippen LogP contribution in [0.15, 0.2) is 11.1 Å². The Labute approximate surface area is 96.3 Å². The summed E-state index contributed by atoms with van der Waals surface area (Å²) < 4.78 is 0. The molecule has 0 aromatic carbocycles. The first-order valence-corrected chi connectivity index (χ1v) is 5.43. The van der Waals surface area contributed by atoms with Crippen LogP contribution in [-0.4, -0.2) is 17.8 Å². The van der Waals surface area contributed by atoms with E-state index >= 15 is 0 Å². The van der Waals surface area contributed by atoms with E-state index in [1.54, 1.807) is 0 Å². The first kappa shape index (κ1) is 10.6. The van der Waals surface area contributed by atoms with Crippen molar-refractivity contribution < 1.29 is 0 Å². The topological polar surface area (TPSA) is 28.7 Å². The zero-order chi connectivity index (χ0) is 11.2. The molecule has 1 N–H and O–H groups in total. The average Bonchev–Trinajstić information content (AvgIpc) is 2.40. The van der Waals surface area contributed by atoms with Crippen molar-refractivity contribution in [2.75, 3.05) is 0 Å². The van der Waals surface area contributed by atoms with Crippen molar-refractivity contribution in [1.82, 2.24) is 9.97 Å². The highest BCUT2D eigenvalue weighted by molar-refractivity contribution is 7.80. The Morgan fingerprint density at radius 2 is 2.13 bits per heavy atom. The molecule has 0 aliphatic carbocycles. The van der Waals surface area contributed by atoms with Gasteiger partial charge in [-0.25, -0.2) is 4.98 Å². The number of nitrogens with one attached hydrogen (secondary N) is 1. The number of H-pyrrole nitrogens is 1. The van der Waals surface area contributed by atoms with E-state index in [-0.39, 0.29) is 0 Å². The smallest absolute Gasteiger partial charge is 0.138 e. The minimum atomic E-state index is 0.387. The normalized spacial score (nSPS) is 11.5. The summed E-state index contributed by atoms with van der Waals surface area (Å²) in [6.07, 6.45) is 0. The number of hydrogen-bond acceptors (Lipinski definition) is 2. The average molecular weight is 216 g/mol. The van der Waals surface area contributed by atoms with Crippen molar-refractivity contribution in [3.63, 3.8) is 0 Å². The molecule has 0 saturated carbocycles. The molecule has 2 heterocycles. The molecule has 0 aliphatic heterocycles. The second-order valence-electron chi connectivity index (χ2n) is 4.12. The first-order valence-electron chi connectivity index (χ1n) is 4.98. The lowest BCUT2D eigenvalue weighted by Gasteiger charge is -2.06.